The first-order valence-corrected chi connectivity index (χ1v) is 7.78. The minimum atomic E-state index is -0.476. The molecular weight excluding hydrogens is 280 g/mol. The summed E-state index contributed by atoms with van der Waals surface area (Å²) >= 11 is 0. The van der Waals surface area contributed by atoms with Crippen molar-refractivity contribution in [3.8, 4) is 5.75 Å². The summed E-state index contributed by atoms with van der Waals surface area (Å²) in [5.74, 6) is 0.504. The third kappa shape index (κ3) is 3.78. The van der Waals surface area contributed by atoms with Crippen molar-refractivity contribution in [1.82, 2.24) is 4.90 Å². The number of benzene rings is 1. The summed E-state index contributed by atoms with van der Waals surface area (Å²) in [5.41, 5.74) is 1.68. The minimum Gasteiger partial charge on any atom is -0.495 e. The van der Waals surface area contributed by atoms with Gasteiger partial charge in [0.05, 0.1) is 12.8 Å². The molecule has 0 bridgehead atoms. The molecule has 0 radical (unpaired) electrons. The average molecular weight is 304 g/mol. The van der Waals surface area contributed by atoms with Crippen molar-refractivity contribution in [1.29, 1.82) is 0 Å². The summed E-state index contributed by atoms with van der Waals surface area (Å²) in [4.78, 5) is 26.3. The Morgan fingerprint density at radius 2 is 2.09 bits per heavy atom. The zero-order valence-corrected chi connectivity index (χ0v) is 13.5. The molecule has 1 saturated heterocycles. The molecule has 1 unspecified atom stereocenters. The molecule has 0 saturated carbocycles. The fourth-order valence-corrected chi connectivity index (χ4v) is 2.71. The Morgan fingerprint density at radius 3 is 2.82 bits per heavy atom. The maximum Gasteiger partial charge on any atom is 0.246 e. The molecule has 120 valence electrons. The Morgan fingerprint density at radius 1 is 1.32 bits per heavy atom. The van der Waals surface area contributed by atoms with Gasteiger partial charge in [-0.25, -0.2) is 0 Å². The van der Waals surface area contributed by atoms with E-state index in [0.29, 0.717) is 24.4 Å². The molecule has 2 rings (SSSR count). The second-order valence-corrected chi connectivity index (χ2v) is 5.77. The highest BCUT2D eigenvalue weighted by atomic mass is 16.5. The van der Waals surface area contributed by atoms with Gasteiger partial charge in [-0.05, 0) is 44.4 Å². The number of carbonyl (C=O) groups is 2. The number of hydrogen-bond donors (Lipinski definition) is 1. The Labute approximate surface area is 131 Å². The highest BCUT2D eigenvalue weighted by molar-refractivity contribution is 5.98. The first-order chi connectivity index (χ1) is 10.5. The van der Waals surface area contributed by atoms with Crippen LogP contribution in [0.3, 0.4) is 0 Å². The number of nitrogens with zero attached hydrogens (tertiary/aromatic N) is 1. The number of nitrogens with one attached hydrogen (secondary N) is 1. The van der Waals surface area contributed by atoms with Gasteiger partial charge in [0.25, 0.3) is 0 Å². The predicted octanol–water partition coefficient (Wildman–Crippen LogP) is 2.73. The molecule has 2 amide bonds. The molecule has 5 nitrogen and oxygen atoms in total. The monoisotopic (exact) mass is 304 g/mol. The lowest BCUT2D eigenvalue weighted by molar-refractivity contribution is -0.137. The van der Waals surface area contributed by atoms with E-state index in [2.05, 4.69) is 5.32 Å². The Balaban J connectivity index is 2.11. The number of hydrogen-bond acceptors (Lipinski definition) is 3. The summed E-state index contributed by atoms with van der Waals surface area (Å²) in [7, 11) is 1.57. The Kier molecular flexibility index (Phi) is 5.41. The van der Waals surface area contributed by atoms with Crippen LogP contribution in [0.1, 0.15) is 38.2 Å². The van der Waals surface area contributed by atoms with Gasteiger partial charge < -0.3 is 15.0 Å². The van der Waals surface area contributed by atoms with Crippen LogP contribution in [0, 0.1) is 6.92 Å². The number of ether oxygens (including phenoxy) is 1. The van der Waals surface area contributed by atoms with E-state index in [1.54, 1.807) is 18.9 Å². The van der Waals surface area contributed by atoms with Gasteiger partial charge in [0, 0.05) is 13.0 Å². The number of methoxy groups -OCH3 is 1. The van der Waals surface area contributed by atoms with Crippen LogP contribution < -0.4 is 10.1 Å². The summed E-state index contributed by atoms with van der Waals surface area (Å²) in [6.07, 6.45) is 3.44. The lowest BCUT2D eigenvalue weighted by Gasteiger charge is -2.27. The van der Waals surface area contributed by atoms with Gasteiger partial charge in [0.2, 0.25) is 11.8 Å². The highest BCUT2D eigenvalue weighted by Crippen LogP contribution is 2.26. The average Bonchev–Trinajstić information content (AvgIpc) is 2.71. The second-order valence-electron chi connectivity index (χ2n) is 5.77. The van der Waals surface area contributed by atoms with Crippen molar-refractivity contribution in [3.63, 3.8) is 0 Å². The number of rotatable bonds is 4. The van der Waals surface area contributed by atoms with E-state index in [0.717, 1.165) is 24.8 Å². The maximum atomic E-state index is 12.5. The normalized spacial score (nSPS) is 16.9. The van der Waals surface area contributed by atoms with E-state index in [-0.39, 0.29) is 11.8 Å². The van der Waals surface area contributed by atoms with Crippen LogP contribution in [0.4, 0.5) is 5.69 Å². The van der Waals surface area contributed by atoms with Crippen molar-refractivity contribution < 1.29 is 14.3 Å². The standard InChI is InChI=1S/C17H24N2O3/c1-12-8-9-15(22-3)14(11-12)18-17(21)13(2)19-10-6-4-5-7-16(19)20/h8-9,11,13H,4-7,10H2,1-3H3,(H,18,21). The van der Waals surface area contributed by atoms with Crippen molar-refractivity contribution >= 4 is 17.5 Å². The quantitative estimate of drug-likeness (QED) is 0.930. The third-order valence-corrected chi connectivity index (χ3v) is 4.07. The van der Waals surface area contributed by atoms with E-state index < -0.39 is 6.04 Å². The smallest absolute Gasteiger partial charge is 0.246 e. The lowest BCUT2D eigenvalue weighted by atomic mass is 10.2. The number of anilines is 1. The molecule has 1 N–H and O–H groups in total. The van der Waals surface area contributed by atoms with Crippen molar-refractivity contribution in [2.75, 3.05) is 19.0 Å². The highest BCUT2D eigenvalue weighted by Gasteiger charge is 2.27. The van der Waals surface area contributed by atoms with Gasteiger partial charge in [0.15, 0.2) is 0 Å². The summed E-state index contributed by atoms with van der Waals surface area (Å²) in [5, 5.41) is 2.88. The predicted molar refractivity (Wildman–Crippen MR) is 86.0 cm³/mol. The van der Waals surface area contributed by atoms with Crippen LogP contribution in [0.25, 0.3) is 0 Å². The van der Waals surface area contributed by atoms with Gasteiger partial charge in [-0.2, -0.15) is 0 Å². The topological polar surface area (TPSA) is 58.6 Å². The van der Waals surface area contributed by atoms with Gasteiger partial charge in [0.1, 0.15) is 11.8 Å². The fourth-order valence-electron chi connectivity index (χ4n) is 2.71. The van der Waals surface area contributed by atoms with Crippen molar-refractivity contribution in [3.05, 3.63) is 23.8 Å². The van der Waals surface area contributed by atoms with E-state index >= 15 is 0 Å². The van der Waals surface area contributed by atoms with Crippen LogP contribution in [0.5, 0.6) is 5.75 Å². The third-order valence-electron chi connectivity index (χ3n) is 4.07. The molecule has 1 heterocycles. The molecule has 1 atom stereocenters. The maximum absolute atomic E-state index is 12.5. The molecule has 0 spiro atoms. The number of amides is 2. The van der Waals surface area contributed by atoms with Crippen molar-refractivity contribution in [2.24, 2.45) is 0 Å². The van der Waals surface area contributed by atoms with Crippen LogP contribution >= 0.6 is 0 Å². The Bertz CT molecular complexity index is 557. The number of carbonyl (C=O) groups excluding carboxylic acids is 2. The van der Waals surface area contributed by atoms with E-state index in [4.69, 9.17) is 4.74 Å². The summed E-state index contributed by atoms with van der Waals surface area (Å²) in [6, 6.07) is 5.15. The molecule has 1 aliphatic heterocycles. The zero-order valence-electron chi connectivity index (χ0n) is 13.5. The lowest BCUT2D eigenvalue weighted by Crippen LogP contribution is -2.45. The molecule has 0 aliphatic carbocycles. The SMILES string of the molecule is COc1ccc(C)cc1NC(=O)C(C)N1CCCCCC1=O. The molecule has 1 aromatic carbocycles. The molecule has 5 heteroatoms. The van der Waals surface area contributed by atoms with Gasteiger partial charge in [-0.1, -0.05) is 12.5 Å². The summed E-state index contributed by atoms with van der Waals surface area (Å²) < 4.78 is 5.27. The first-order valence-electron chi connectivity index (χ1n) is 7.78. The Hall–Kier alpha value is -2.04. The molecule has 1 aromatic rings. The minimum absolute atomic E-state index is 0.0661. The molecular formula is C17H24N2O3. The van der Waals surface area contributed by atoms with Gasteiger partial charge >= 0.3 is 0 Å². The first kappa shape index (κ1) is 16.3. The molecule has 0 aromatic heterocycles. The zero-order chi connectivity index (χ0) is 16.1. The number of likely N-dealkylation sites (tertiary alicyclic amines) is 1. The van der Waals surface area contributed by atoms with Crippen LogP contribution in [0.15, 0.2) is 18.2 Å². The molecule has 1 fully saturated rings. The van der Waals surface area contributed by atoms with E-state index in [1.807, 2.05) is 25.1 Å². The van der Waals surface area contributed by atoms with Gasteiger partial charge in [-0.3, -0.25) is 9.59 Å². The fraction of sp³-hybridized carbons (Fsp3) is 0.529. The molecule has 22 heavy (non-hydrogen) atoms. The summed E-state index contributed by atoms with van der Waals surface area (Å²) in [6.45, 7) is 4.38. The van der Waals surface area contributed by atoms with Crippen molar-refractivity contribution in [2.45, 2.75) is 45.6 Å². The molecule has 1 aliphatic rings. The van der Waals surface area contributed by atoms with E-state index in [1.165, 1.54) is 0 Å². The van der Waals surface area contributed by atoms with Crippen LogP contribution in [-0.4, -0.2) is 36.4 Å². The second kappa shape index (κ2) is 7.29. The van der Waals surface area contributed by atoms with E-state index in [9.17, 15) is 9.59 Å². The van der Waals surface area contributed by atoms with Crippen LogP contribution in [-0.2, 0) is 9.59 Å². The largest absolute Gasteiger partial charge is 0.495 e. The number of aryl methyl sites for hydroxylation is 1. The van der Waals surface area contributed by atoms with Crippen LogP contribution in [0.2, 0.25) is 0 Å². The van der Waals surface area contributed by atoms with Gasteiger partial charge in [-0.15, -0.1) is 0 Å².